The molecule has 2 rings (SSSR count). The molecule has 0 saturated heterocycles. The Morgan fingerprint density at radius 2 is 2.03 bits per heavy atom. The minimum absolute atomic E-state index is 0.000563. The minimum atomic E-state index is -2.96. The fourth-order valence-corrected chi connectivity index (χ4v) is 2.51. The van der Waals surface area contributed by atoms with E-state index in [1.165, 1.54) is 12.3 Å². The van der Waals surface area contributed by atoms with Crippen molar-refractivity contribution in [2.24, 2.45) is 4.99 Å². The number of carbonyl (C=O) groups excluding carboxylic acids is 1. The lowest BCUT2D eigenvalue weighted by Gasteiger charge is -2.14. The number of ether oxygens (including phenoxy) is 2. The van der Waals surface area contributed by atoms with Gasteiger partial charge in [0.25, 0.3) is 0 Å². The van der Waals surface area contributed by atoms with Crippen LogP contribution >= 0.6 is 0 Å². The first-order chi connectivity index (χ1) is 15.0. The molecule has 0 spiro atoms. The Balaban J connectivity index is 1.98. The zero-order valence-electron chi connectivity index (χ0n) is 17.6. The summed E-state index contributed by atoms with van der Waals surface area (Å²) in [5.41, 5.74) is 0.462. The molecule has 0 bridgehead atoms. The minimum Gasteiger partial charge on any atom is -0.493 e. The first-order valence-corrected chi connectivity index (χ1v) is 10.0. The van der Waals surface area contributed by atoms with E-state index < -0.39 is 6.61 Å². The first kappa shape index (κ1) is 24.0. The Hall–Kier alpha value is -3.30. The van der Waals surface area contributed by atoms with Crippen LogP contribution in [-0.2, 0) is 17.9 Å². The highest BCUT2D eigenvalue weighted by molar-refractivity contribution is 5.86. The van der Waals surface area contributed by atoms with Crippen LogP contribution in [0.5, 0.6) is 11.5 Å². The normalized spacial score (nSPS) is 11.3. The molecule has 0 unspecified atom stereocenters. The van der Waals surface area contributed by atoms with E-state index in [1.54, 1.807) is 24.3 Å². The van der Waals surface area contributed by atoms with E-state index in [0.29, 0.717) is 36.2 Å². The molecule has 1 heterocycles. The Labute approximate surface area is 180 Å². The maximum absolute atomic E-state index is 12.8. The van der Waals surface area contributed by atoms with E-state index in [-0.39, 0.29) is 31.3 Å². The maximum atomic E-state index is 12.8. The molecule has 1 amide bonds. The monoisotopic (exact) mass is 438 g/mol. The summed E-state index contributed by atoms with van der Waals surface area (Å²) in [6.45, 7) is 2.23. The molecule has 0 radical (unpaired) electrons. The summed E-state index contributed by atoms with van der Waals surface area (Å²) < 4.78 is 40.9. The summed E-state index contributed by atoms with van der Waals surface area (Å²) in [6.07, 6.45) is 2.33. The highest BCUT2D eigenvalue weighted by atomic mass is 19.3. The molecular weight excluding hydrogens is 410 g/mol. The highest BCUT2D eigenvalue weighted by Crippen LogP contribution is 2.27. The van der Waals surface area contributed by atoms with Gasteiger partial charge in [0.2, 0.25) is 5.91 Å². The highest BCUT2D eigenvalue weighted by Gasteiger charge is 2.12. The van der Waals surface area contributed by atoms with Crippen molar-refractivity contribution in [3.63, 3.8) is 0 Å². The van der Waals surface area contributed by atoms with Crippen molar-refractivity contribution in [2.75, 3.05) is 19.7 Å². The number of rotatable bonds is 12. The number of benzene rings is 1. The van der Waals surface area contributed by atoms with E-state index in [4.69, 9.17) is 9.15 Å². The Morgan fingerprint density at radius 3 is 2.71 bits per heavy atom. The van der Waals surface area contributed by atoms with E-state index >= 15 is 0 Å². The van der Waals surface area contributed by atoms with Crippen LogP contribution in [0.4, 0.5) is 8.78 Å². The molecule has 0 aliphatic rings. The number of hydrogen-bond acceptors (Lipinski definition) is 5. The van der Waals surface area contributed by atoms with Crippen LogP contribution in [0.15, 0.2) is 46.0 Å². The smallest absolute Gasteiger partial charge is 0.387 e. The molecule has 0 aliphatic carbocycles. The van der Waals surface area contributed by atoms with Gasteiger partial charge in [0.15, 0.2) is 5.96 Å². The number of hydrogen-bond donors (Lipinski definition) is 3. The third-order valence-corrected chi connectivity index (χ3v) is 3.94. The number of guanidine groups is 1. The first-order valence-electron chi connectivity index (χ1n) is 10.0. The van der Waals surface area contributed by atoms with Gasteiger partial charge in [0.1, 0.15) is 17.3 Å². The molecule has 31 heavy (non-hydrogen) atoms. The zero-order valence-corrected chi connectivity index (χ0v) is 17.6. The van der Waals surface area contributed by atoms with Gasteiger partial charge in [-0.15, -0.1) is 0 Å². The molecule has 0 aliphatic heterocycles. The SMILES string of the molecule is CCCOc1ccc(CN=C(NCC)NCC(=O)NCc2ccco2)c(OC(F)F)c1. The second-order valence-electron chi connectivity index (χ2n) is 6.40. The Morgan fingerprint density at radius 1 is 1.19 bits per heavy atom. The topological polar surface area (TPSA) is 97.1 Å². The van der Waals surface area contributed by atoms with E-state index in [2.05, 4.69) is 25.7 Å². The second-order valence-corrected chi connectivity index (χ2v) is 6.40. The van der Waals surface area contributed by atoms with Gasteiger partial charge < -0.3 is 29.8 Å². The lowest BCUT2D eigenvalue weighted by molar-refractivity contribution is -0.120. The van der Waals surface area contributed by atoms with Crippen LogP contribution in [0.25, 0.3) is 0 Å². The van der Waals surface area contributed by atoms with Crippen LogP contribution in [0.3, 0.4) is 0 Å². The number of halogens is 2. The average molecular weight is 438 g/mol. The summed E-state index contributed by atoms with van der Waals surface area (Å²) in [5.74, 6) is 1.21. The molecule has 2 aromatic rings. The summed E-state index contributed by atoms with van der Waals surface area (Å²) in [7, 11) is 0. The molecule has 1 aromatic heterocycles. The fraction of sp³-hybridized carbons (Fsp3) is 0.429. The van der Waals surface area contributed by atoms with E-state index in [0.717, 1.165) is 6.42 Å². The largest absolute Gasteiger partial charge is 0.493 e. The number of amides is 1. The molecule has 8 nitrogen and oxygen atoms in total. The molecule has 0 atom stereocenters. The quantitative estimate of drug-likeness (QED) is 0.348. The average Bonchev–Trinajstić information content (AvgIpc) is 3.27. The molecule has 10 heteroatoms. The summed E-state index contributed by atoms with van der Waals surface area (Å²) in [5, 5.41) is 8.62. The van der Waals surface area contributed by atoms with Crippen LogP contribution in [0.1, 0.15) is 31.6 Å². The zero-order chi connectivity index (χ0) is 22.5. The van der Waals surface area contributed by atoms with Gasteiger partial charge in [-0.05, 0) is 37.6 Å². The van der Waals surface area contributed by atoms with Gasteiger partial charge in [0.05, 0.1) is 32.5 Å². The maximum Gasteiger partial charge on any atom is 0.387 e. The molecular formula is C21H28F2N4O4. The van der Waals surface area contributed by atoms with Crippen LogP contribution in [0.2, 0.25) is 0 Å². The standard InChI is InChI=1S/C21H28F2N4O4/c1-3-9-29-16-8-7-15(18(11-16)31-20(22)23)12-26-21(24-4-2)27-14-19(28)25-13-17-6-5-10-30-17/h5-8,10-11,20H,3-4,9,12-14H2,1-2H3,(H,25,28)(H2,24,26,27). The molecule has 3 N–H and O–H groups in total. The number of nitrogens with zero attached hydrogens (tertiary/aromatic N) is 1. The van der Waals surface area contributed by atoms with Gasteiger partial charge in [-0.3, -0.25) is 4.79 Å². The van der Waals surface area contributed by atoms with Gasteiger partial charge >= 0.3 is 6.61 Å². The predicted octanol–water partition coefficient (Wildman–Crippen LogP) is 3.04. The van der Waals surface area contributed by atoms with Gasteiger partial charge in [-0.2, -0.15) is 8.78 Å². The third-order valence-electron chi connectivity index (χ3n) is 3.94. The van der Waals surface area contributed by atoms with Gasteiger partial charge in [-0.25, -0.2) is 4.99 Å². The number of carbonyl (C=O) groups is 1. The summed E-state index contributed by atoms with van der Waals surface area (Å²) in [4.78, 5) is 16.4. The van der Waals surface area contributed by atoms with Crippen molar-refractivity contribution in [3.05, 3.63) is 47.9 Å². The third kappa shape index (κ3) is 8.93. The molecule has 0 saturated carbocycles. The van der Waals surface area contributed by atoms with Gasteiger partial charge in [-0.1, -0.05) is 6.92 Å². The number of alkyl halides is 2. The number of nitrogens with one attached hydrogen (secondary N) is 3. The van der Waals surface area contributed by atoms with Crippen LogP contribution < -0.4 is 25.4 Å². The molecule has 0 fully saturated rings. The van der Waals surface area contributed by atoms with E-state index in [9.17, 15) is 13.6 Å². The van der Waals surface area contributed by atoms with E-state index in [1.807, 2.05) is 13.8 Å². The lowest BCUT2D eigenvalue weighted by Crippen LogP contribution is -2.43. The van der Waals surface area contributed by atoms with Crippen LogP contribution in [0, 0.1) is 0 Å². The predicted molar refractivity (Wildman–Crippen MR) is 112 cm³/mol. The Bertz CT molecular complexity index is 829. The van der Waals surface area contributed by atoms with Gasteiger partial charge in [0, 0.05) is 18.2 Å². The van der Waals surface area contributed by atoms with Crippen LogP contribution in [-0.4, -0.2) is 38.2 Å². The summed E-state index contributed by atoms with van der Waals surface area (Å²) in [6, 6.07) is 8.24. The molecule has 1 aromatic carbocycles. The lowest BCUT2D eigenvalue weighted by atomic mass is 10.2. The fourth-order valence-electron chi connectivity index (χ4n) is 2.51. The van der Waals surface area contributed by atoms with Crippen molar-refractivity contribution in [1.29, 1.82) is 0 Å². The van der Waals surface area contributed by atoms with Crippen molar-refractivity contribution in [1.82, 2.24) is 16.0 Å². The number of furan rings is 1. The molecule has 170 valence electrons. The van der Waals surface area contributed by atoms with Crippen molar-refractivity contribution in [2.45, 2.75) is 40.0 Å². The van der Waals surface area contributed by atoms with Crippen molar-refractivity contribution < 1.29 is 27.5 Å². The summed E-state index contributed by atoms with van der Waals surface area (Å²) >= 11 is 0. The second kappa shape index (κ2) is 13.1. The number of aliphatic imine (C=N–C) groups is 1. The van der Waals surface area contributed by atoms with Crippen molar-refractivity contribution in [3.8, 4) is 11.5 Å². The Kier molecular flexibility index (Phi) is 10.1. The van der Waals surface area contributed by atoms with Crippen molar-refractivity contribution >= 4 is 11.9 Å².